The minimum absolute atomic E-state index is 0.0955. The zero-order valence-electron chi connectivity index (χ0n) is 20.4. The lowest BCUT2D eigenvalue weighted by Gasteiger charge is -2.25. The third-order valence-electron chi connectivity index (χ3n) is 6.55. The van der Waals surface area contributed by atoms with E-state index >= 15 is 0 Å². The fraction of sp³-hybridized carbons (Fsp3) is 0.241. The molecule has 1 heterocycles. The Morgan fingerprint density at radius 1 is 0.857 bits per heavy atom. The molecule has 0 aliphatic carbocycles. The first-order chi connectivity index (χ1) is 16.8. The van der Waals surface area contributed by atoms with E-state index in [1.165, 1.54) is 0 Å². The summed E-state index contributed by atoms with van der Waals surface area (Å²) < 4.78 is 10.5. The van der Waals surface area contributed by atoms with E-state index in [2.05, 4.69) is 0 Å². The number of methoxy groups -OCH3 is 2. The number of hydrogen-bond donors (Lipinski definition) is 1. The van der Waals surface area contributed by atoms with Crippen LogP contribution in [0.1, 0.15) is 33.9 Å². The summed E-state index contributed by atoms with van der Waals surface area (Å²) in [5, 5.41) is 11.3. The lowest BCUT2D eigenvalue weighted by Crippen LogP contribution is -2.31. The van der Waals surface area contributed by atoms with Crippen molar-refractivity contribution in [2.45, 2.75) is 26.3 Å². The number of likely N-dealkylation sites (tertiary alicyclic amines) is 1. The van der Waals surface area contributed by atoms with Crippen LogP contribution in [-0.4, -0.2) is 42.5 Å². The summed E-state index contributed by atoms with van der Waals surface area (Å²) in [6.07, 6.45) is 0.549. The van der Waals surface area contributed by atoms with Crippen LogP contribution in [-0.2, 0) is 16.0 Å². The molecule has 180 valence electrons. The number of ketones is 1. The third-order valence-corrected chi connectivity index (χ3v) is 6.55. The average molecular weight is 472 g/mol. The number of nitrogens with zero attached hydrogens (tertiary/aromatic N) is 1. The molecule has 6 heteroatoms. The zero-order valence-corrected chi connectivity index (χ0v) is 20.4. The highest BCUT2D eigenvalue weighted by Gasteiger charge is 2.45. The van der Waals surface area contributed by atoms with Crippen LogP contribution >= 0.6 is 0 Å². The van der Waals surface area contributed by atoms with Gasteiger partial charge in [-0.1, -0.05) is 36.4 Å². The van der Waals surface area contributed by atoms with Crippen LogP contribution < -0.4 is 9.47 Å². The number of ether oxygens (including phenoxy) is 2. The Hall–Kier alpha value is -4.06. The maximum absolute atomic E-state index is 13.2. The largest absolute Gasteiger partial charge is 0.507 e. The van der Waals surface area contributed by atoms with Crippen LogP contribution in [0.2, 0.25) is 0 Å². The molecule has 0 bridgehead atoms. The van der Waals surface area contributed by atoms with Gasteiger partial charge in [-0.3, -0.25) is 9.59 Å². The van der Waals surface area contributed by atoms with Crippen molar-refractivity contribution in [3.05, 3.63) is 100 Å². The highest BCUT2D eigenvalue weighted by atomic mass is 16.5. The Morgan fingerprint density at radius 2 is 1.46 bits per heavy atom. The minimum Gasteiger partial charge on any atom is -0.507 e. The van der Waals surface area contributed by atoms with Crippen molar-refractivity contribution in [2.24, 2.45) is 0 Å². The molecule has 35 heavy (non-hydrogen) atoms. The van der Waals surface area contributed by atoms with E-state index in [1.54, 1.807) is 37.3 Å². The van der Waals surface area contributed by atoms with Gasteiger partial charge in [0.1, 0.15) is 17.3 Å². The van der Waals surface area contributed by atoms with Gasteiger partial charge in [-0.15, -0.1) is 0 Å². The van der Waals surface area contributed by atoms with Gasteiger partial charge in [0.15, 0.2) is 0 Å². The van der Waals surface area contributed by atoms with Crippen molar-refractivity contribution in [1.29, 1.82) is 0 Å². The van der Waals surface area contributed by atoms with Gasteiger partial charge >= 0.3 is 0 Å². The maximum atomic E-state index is 13.2. The molecule has 1 saturated heterocycles. The molecule has 6 nitrogen and oxygen atoms in total. The fourth-order valence-corrected chi connectivity index (χ4v) is 4.33. The van der Waals surface area contributed by atoms with E-state index < -0.39 is 17.7 Å². The Kier molecular flexibility index (Phi) is 6.92. The van der Waals surface area contributed by atoms with Gasteiger partial charge in [0, 0.05) is 12.1 Å². The summed E-state index contributed by atoms with van der Waals surface area (Å²) in [6, 6.07) is 19.6. The number of hydrogen-bond acceptors (Lipinski definition) is 5. The van der Waals surface area contributed by atoms with Crippen molar-refractivity contribution in [1.82, 2.24) is 4.90 Å². The van der Waals surface area contributed by atoms with E-state index in [9.17, 15) is 14.7 Å². The van der Waals surface area contributed by atoms with Gasteiger partial charge in [-0.25, -0.2) is 0 Å². The van der Waals surface area contributed by atoms with Gasteiger partial charge in [0.2, 0.25) is 0 Å². The number of aliphatic hydroxyl groups excluding tert-OH is 1. The normalized spacial score (nSPS) is 17.0. The molecular weight excluding hydrogens is 442 g/mol. The van der Waals surface area contributed by atoms with Crippen LogP contribution in [0.5, 0.6) is 11.5 Å². The van der Waals surface area contributed by atoms with Crippen molar-refractivity contribution in [3.8, 4) is 11.5 Å². The van der Waals surface area contributed by atoms with Crippen LogP contribution in [0.15, 0.2) is 72.3 Å². The number of rotatable bonds is 7. The Bertz CT molecular complexity index is 1280. The van der Waals surface area contributed by atoms with E-state index in [4.69, 9.17) is 9.47 Å². The van der Waals surface area contributed by atoms with Gasteiger partial charge in [0.25, 0.3) is 11.7 Å². The van der Waals surface area contributed by atoms with E-state index in [1.807, 2.05) is 62.4 Å². The number of carbonyl (C=O) groups excluding carboxylic acids is 2. The molecular formula is C29H29NO5. The van der Waals surface area contributed by atoms with E-state index in [0.29, 0.717) is 24.3 Å². The predicted molar refractivity (Wildman–Crippen MR) is 135 cm³/mol. The smallest absolute Gasteiger partial charge is 0.295 e. The summed E-state index contributed by atoms with van der Waals surface area (Å²) in [6.45, 7) is 4.24. The third kappa shape index (κ3) is 4.78. The molecule has 0 aromatic heterocycles. The molecule has 1 atom stereocenters. The molecule has 0 radical (unpaired) electrons. The molecule has 4 rings (SSSR count). The Morgan fingerprint density at radius 3 is 2.03 bits per heavy atom. The molecule has 3 aromatic rings. The molecule has 1 fully saturated rings. The molecule has 0 saturated carbocycles. The molecule has 1 amide bonds. The lowest BCUT2D eigenvalue weighted by molar-refractivity contribution is -0.139. The number of benzene rings is 3. The second kappa shape index (κ2) is 10.1. The minimum atomic E-state index is -0.708. The fourth-order valence-electron chi connectivity index (χ4n) is 4.33. The summed E-state index contributed by atoms with van der Waals surface area (Å²) in [5.74, 6) is -0.0564. The molecule has 3 aromatic carbocycles. The van der Waals surface area contributed by atoms with Crippen LogP contribution in [0.4, 0.5) is 0 Å². The first-order valence-corrected chi connectivity index (χ1v) is 11.5. The number of aliphatic hydroxyl groups is 1. The zero-order chi connectivity index (χ0) is 25.1. The van der Waals surface area contributed by atoms with E-state index in [0.717, 1.165) is 28.0 Å². The number of amides is 1. The van der Waals surface area contributed by atoms with Crippen LogP contribution in [0, 0.1) is 13.8 Å². The quantitative estimate of drug-likeness (QED) is 0.299. The number of aryl methyl sites for hydroxylation is 2. The number of carbonyl (C=O) groups is 2. The molecule has 1 aliphatic rings. The van der Waals surface area contributed by atoms with Gasteiger partial charge < -0.3 is 19.5 Å². The second-order valence-electron chi connectivity index (χ2n) is 8.66. The molecule has 1 N–H and O–H groups in total. The summed E-state index contributed by atoms with van der Waals surface area (Å²) in [5.41, 5.74) is 4.41. The topological polar surface area (TPSA) is 76.1 Å². The standard InChI is InChI=1S/C29H29NO5/c1-18-5-8-22(17-19(18)2)27(31)25-26(21-9-13-24(35-4)14-10-21)30(29(33)28(25)32)16-15-20-6-11-23(34-3)12-7-20/h5-14,17,26,31H,15-16H2,1-4H3/b27-25-. The van der Waals surface area contributed by atoms with Crippen LogP contribution in [0.25, 0.3) is 5.76 Å². The molecule has 1 aliphatic heterocycles. The van der Waals surface area contributed by atoms with Crippen LogP contribution in [0.3, 0.4) is 0 Å². The highest BCUT2D eigenvalue weighted by molar-refractivity contribution is 6.46. The summed E-state index contributed by atoms with van der Waals surface area (Å²) in [7, 11) is 3.19. The van der Waals surface area contributed by atoms with Crippen molar-refractivity contribution < 1.29 is 24.2 Å². The predicted octanol–water partition coefficient (Wildman–Crippen LogP) is 4.99. The van der Waals surface area contributed by atoms with Crippen molar-refractivity contribution in [2.75, 3.05) is 20.8 Å². The number of Topliss-reactive ketones (excluding diaryl/α,β-unsaturated/α-hetero) is 1. The monoisotopic (exact) mass is 471 g/mol. The second-order valence-corrected chi connectivity index (χ2v) is 8.66. The molecule has 0 spiro atoms. The van der Waals surface area contributed by atoms with E-state index in [-0.39, 0.29) is 11.3 Å². The first-order valence-electron chi connectivity index (χ1n) is 11.5. The lowest BCUT2D eigenvalue weighted by atomic mass is 9.94. The highest BCUT2D eigenvalue weighted by Crippen LogP contribution is 2.40. The first kappa shape index (κ1) is 24.1. The van der Waals surface area contributed by atoms with Gasteiger partial charge in [0.05, 0.1) is 25.8 Å². The average Bonchev–Trinajstić information content (AvgIpc) is 3.13. The van der Waals surface area contributed by atoms with Crippen molar-refractivity contribution in [3.63, 3.8) is 0 Å². The van der Waals surface area contributed by atoms with Crippen molar-refractivity contribution >= 4 is 17.4 Å². The Balaban J connectivity index is 1.75. The Labute approximate surface area is 205 Å². The SMILES string of the molecule is COc1ccc(CCN2C(=O)C(=O)/C(=C(\O)c3ccc(C)c(C)c3)C2c2ccc(OC)cc2)cc1. The summed E-state index contributed by atoms with van der Waals surface area (Å²) >= 11 is 0. The maximum Gasteiger partial charge on any atom is 0.295 e. The van der Waals surface area contributed by atoms with Gasteiger partial charge in [-0.2, -0.15) is 0 Å². The summed E-state index contributed by atoms with van der Waals surface area (Å²) in [4.78, 5) is 28.0. The van der Waals surface area contributed by atoms with Gasteiger partial charge in [-0.05, 0) is 72.9 Å². The molecule has 1 unspecified atom stereocenters.